The van der Waals surface area contributed by atoms with Gasteiger partial charge in [0.1, 0.15) is 5.82 Å². The van der Waals surface area contributed by atoms with Gasteiger partial charge in [0.25, 0.3) is 0 Å². The van der Waals surface area contributed by atoms with Crippen molar-refractivity contribution in [3.05, 3.63) is 50.5 Å². The molecule has 8 nitrogen and oxygen atoms in total. The molecule has 23 heavy (non-hydrogen) atoms. The number of nitrogens with zero attached hydrogens (tertiary/aromatic N) is 2. The van der Waals surface area contributed by atoms with Crippen LogP contribution in [0.25, 0.3) is 22.4 Å². The molecule has 9 heteroatoms. The van der Waals surface area contributed by atoms with E-state index in [9.17, 15) is 20.0 Å². The Labute approximate surface area is 136 Å². The Balaban J connectivity index is 2.21. The average molecular weight is 378 g/mol. The molecule has 0 spiro atoms. The molecular weight excluding hydrogens is 370 g/mol. The Morgan fingerprint density at radius 2 is 2.04 bits per heavy atom. The fraction of sp³-hybridized carbons (Fsp3) is 0. The predicted octanol–water partition coefficient (Wildman–Crippen LogP) is 3.30. The van der Waals surface area contributed by atoms with Gasteiger partial charge in [0.2, 0.25) is 5.75 Å². The zero-order valence-corrected chi connectivity index (χ0v) is 12.9. The zero-order valence-electron chi connectivity index (χ0n) is 11.3. The van der Waals surface area contributed by atoms with Crippen molar-refractivity contribution in [2.24, 2.45) is 0 Å². The summed E-state index contributed by atoms with van der Waals surface area (Å²) in [7, 11) is 0. The molecule has 0 fully saturated rings. The van der Waals surface area contributed by atoms with Crippen molar-refractivity contribution in [3.63, 3.8) is 0 Å². The van der Waals surface area contributed by atoms with Crippen LogP contribution in [-0.2, 0) is 0 Å². The molecule has 0 bridgehead atoms. The number of rotatable bonds is 3. The Kier molecular flexibility index (Phi) is 3.49. The number of carbonyl (C=O) groups is 1. The van der Waals surface area contributed by atoms with Crippen LogP contribution in [0.2, 0.25) is 0 Å². The first-order chi connectivity index (χ1) is 10.9. The highest BCUT2D eigenvalue weighted by Gasteiger charge is 2.21. The summed E-state index contributed by atoms with van der Waals surface area (Å²) in [6.45, 7) is 0. The van der Waals surface area contributed by atoms with Gasteiger partial charge in [0.05, 0.1) is 27.1 Å². The number of phenolic OH excluding ortho intramolecular Hbond substituents is 1. The number of hydrogen-bond acceptors (Lipinski definition) is 5. The van der Waals surface area contributed by atoms with Crippen molar-refractivity contribution < 1.29 is 19.9 Å². The molecule has 3 rings (SSSR count). The lowest BCUT2D eigenvalue weighted by Crippen LogP contribution is -1.94. The van der Waals surface area contributed by atoms with Crippen LogP contribution in [0.3, 0.4) is 0 Å². The van der Waals surface area contributed by atoms with Crippen LogP contribution in [-0.4, -0.2) is 31.1 Å². The standard InChI is InChI=1S/C14H8BrN3O5/c15-7-4-8(12(19)11(5-7)18(22)23)13-16-9-2-1-6(14(20)21)3-10(9)17-13/h1-5,19H,(H,16,17)(H,20,21). The summed E-state index contributed by atoms with van der Waals surface area (Å²) < 4.78 is 0.406. The maximum Gasteiger partial charge on any atom is 0.335 e. The van der Waals surface area contributed by atoms with E-state index in [1.165, 1.54) is 30.3 Å². The number of carboxylic acids is 1. The molecule has 0 saturated heterocycles. The lowest BCUT2D eigenvalue weighted by molar-refractivity contribution is -0.385. The van der Waals surface area contributed by atoms with Crippen LogP contribution in [0.15, 0.2) is 34.8 Å². The lowest BCUT2D eigenvalue weighted by Gasteiger charge is -2.03. The minimum absolute atomic E-state index is 0.0807. The van der Waals surface area contributed by atoms with Gasteiger partial charge in [-0.15, -0.1) is 0 Å². The number of fused-ring (bicyclic) bond motifs is 1. The fourth-order valence-corrected chi connectivity index (χ4v) is 2.62. The van der Waals surface area contributed by atoms with Gasteiger partial charge in [-0.25, -0.2) is 9.78 Å². The summed E-state index contributed by atoms with van der Waals surface area (Å²) in [6, 6.07) is 6.99. The molecule has 0 aliphatic heterocycles. The second-order valence-electron chi connectivity index (χ2n) is 4.70. The van der Waals surface area contributed by atoms with Crippen molar-refractivity contribution in [2.45, 2.75) is 0 Å². The van der Waals surface area contributed by atoms with Crippen molar-refractivity contribution >= 4 is 38.6 Å². The minimum atomic E-state index is -1.08. The molecular formula is C14H8BrN3O5. The molecule has 1 heterocycles. The Morgan fingerprint density at radius 1 is 1.30 bits per heavy atom. The summed E-state index contributed by atoms with van der Waals surface area (Å²) in [5, 5.41) is 30.1. The van der Waals surface area contributed by atoms with Crippen LogP contribution in [0.4, 0.5) is 5.69 Å². The topological polar surface area (TPSA) is 129 Å². The summed E-state index contributed by atoms with van der Waals surface area (Å²) in [4.78, 5) is 28.4. The number of nitro groups is 1. The number of imidazole rings is 1. The molecule has 3 aromatic rings. The van der Waals surface area contributed by atoms with Gasteiger partial charge in [-0.3, -0.25) is 10.1 Å². The molecule has 0 unspecified atom stereocenters. The Bertz CT molecular complexity index is 966. The van der Waals surface area contributed by atoms with Gasteiger partial charge < -0.3 is 15.2 Å². The van der Waals surface area contributed by atoms with Gasteiger partial charge in [-0.1, -0.05) is 15.9 Å². The number of H-pyrrole nitrogens is 1. The smallest absolute Gasteiger partial charge is 0.335 e. The third-order valence-electron chi connectivity index (χ3n) is 3.24. The molecule has 116 valence electrons. The third-order valence-corrected chi connectivity index (χ3v) is 3.69. The molecule has 1 aromatic heterocycles. The number of aromatic nitrogens is 2. The third kappa shape index (κ3) is 2.61. The highest BCUT2D eigenvalue weighted by Crippen LogP contribution is 2.39. The number of aromatic hydroxyl groups is 1. The quantitative estimate of drug-likeness (QED) is 0.474. The maximum atomic E-state index is 11.0. The Hall–Kier alpha value is -2.94. The summed E-state index contributed by atoms with van der Waals surface area (Å²) in [5.41, 5.74) is 0.686. The summed E-state index contributed by atoms with van der Waals surface area (Å²) in [6.07, 6.45) is 0. The number of aromatic amines is 1. The normalized spacial score (nSPS) is 10.8. The number of hydrogen-bond donors (Lipinski definition) is 3. The number of aromatic carboxylic acids is 1. The second-order valence-corrected chi connectivity index (χ2v) is 5.62. The van der Waals surface area contributed by atoms with E-state index in [4.69, 9.17) is 5.11 Å². The van der Waals surface area contributed by atoms with Crippen molar-refractivity contribution in [2.75, 3.05) is 0 Å². The number of phenols is 1. The van der Waals surface area contributed by atoms with E-state index >= 15 is 0 Å². The number of nitro benzene ring substituents is 1. The van der Waals surface area contributed by atoms with Gasteiger partial charge in [-0.2, -0.15) is 0 Å². The van der Waals surface area contributed by atoms with E-state index < -0.39 is 22.3 Å². The first kappa shape index (κ1) is 15.0. The van der Waals surface area contributed by atoms with Gasteiger partial charge in [0.15, 0.2) is 0 Å². The lowest BCUT2D eigenvalue weighted by atomic mass is 10.1. The highest BCUT2D eigenvalue weighted by atomic mass is 79.9. The van der Waals surface area contributed by atoms with Gasteiger partial charge in [0, 0.05) is 10.5 Å². The predicted molar refractivity (Wildman–Crippen MR) is 84.5 cm³/mol. The molecule has 0 radical (unpaired) electrons. The molecule has 0 saturated carbocycles. The summed E-state index contributed by atoms with van der Waals surface area (Å²) >= 11 is 3.15. The van der Waals surface area contributed by atoms with E-state index in [0.717, 1.165) is 0 Å². The largest absolute Gasteiger partial charge is 0.502 e. The number of nitrogens with one attached hydrogen (secondary N) is 1. The van der Waals surface area contributed by atoms with Gasteiger partial charge in [-0.05, 0) is 24.3 Å². The van der Waals surface area contributed by atoms with E-state index in [1.807, 2.05) is 0 Å². The van der Waals surface area contributed by atoms with Crippen molar-refractivity contribution in [1.29, 1.82) is 0 Å². The van der Waals surface area contributed by atoms with Crippen molar-refractivity contribution in [3.8, 4) is 17.1 Å². The summed E-state index contributed by atoms with van der Waals surface area (Å²) in [5.74, 6) is -1.40. The highest BCUT2D eigenvalue weighted by molar-refractivity contribution is 9.10. The van der Waals surface area contributed by atoms with Crippen LogP contribution in [0.1, 0.15) is 10.4 Å². The van der Waals surface area contributed by atoms with Gasteiger partial charge >= 0.3 is 11.7 Å². The molecule has 2 aromatic carbocycles. The number of benzene rings is 2. The van der Waals surface area contributed by atoms with Crippen molar-refractivity contribution in [1.82, 2.24) is 9.97 Å². The molecule has 0 atom stereocenters. The number of halogens is 1. The van der Waals surface area contributed by atoms with Crippen LogP contribution in [0, 0.1) is 10.1 Å². The van der Waals surface area contributed by atoms with Crippen LogP contribution in [0.5, 0.6) is 5.75 Å². The monoisotopic (exact) mass is 377 g/mol. The molecule has 3 N–H and O–H groups in total. The molecule has 0 aliphatic carbocycles. The SMILES string of the molecule is O=C(O)c1ccc2nc(-c3cc(Br)cc([N+](=O)[O-])c3O)[nH]c2c1. The maximum absolute atomic E-state index is 11.0. The average Bonchev–Trinajstić information content (AvgIpc) is 2.91. The number of carboxylic acid groups (broad SMARTS) is 1. The first-order valence-electron chi connectivity index (χ1n) is 6.27. The first-order valence-corrected chi connectivity index (χ1v) is 7.06. The van der Waals surface area contributed by atoms with Crippen LogP contribution < -0.4 is 0 Å². The van der Waals surface area contributed by atoms with E-state index in [1.54, 1.807) is 0 Å². The Morgan fingerprint density at radius 3 is 2.70 bits per heavy atom. The fourth-order valence-electron chi connectivity index (χ4n) is 2.17. The van der Waals surface area contributed by atoms with E-state index in [-0.39, 0.29) is 17.0 Å². The molecule has 0 amide bonds. The minimum Gasteiger partial charge on any atom is -0.502 e. The van der Waals surface area contributed by atoms with E-state index in [0.29, 0.717) is 15.5 Å². The van der Waals surface area contributed by atoms with Crippen LogP contribution >= 0.6 is 15.9 Å². The molecule has 0 aliphatic rings. The second kappa shape index (κ2) is 5.36. The van der Waals surface area contributed by atoms with E-state index in [2.05, 4.69) is 25.9 Å². The zero-order chi connectivity index (χ0) is 16.7.